The lowest BCUT2D eigenvalue weighted by Crippen LogP contribution is -2.40. The van der Waals surface area contributed by atoms with Gasteiger partial charge in [0.1, 0.15) is 5.75 Å². The van der Waals surface area contributed by atoms with Crippen LogP contribution in [-0.4, -0.2) is 51.4 Å². The first kappa shape index (κ1) is 23.4. The highest BCUT2D eigenvalue weighted by atomic mass is 32.1. The SMILES string of the molecule is CC(=NCC(=S)N1CCC(C(=O)O)CC1)c1csc(-c2ccc(C(C)(C)C)cc2)c1O. The molecule has 0 amide bonds. The van der Waals surface area contributed by atoms with E-state index in [2.05, 4.69) is 50.0 Å². The summed E-state index contributed by atoms with van der Waals surface area (Å²) in [6, 6.07) is 8.33. The number of aliphatic carboxylic acids is 1. The molecule has 2 heterocycles. The molecule has 1 aliphatic heterocycles. The number of hydrogen-bond acceptors (Lipinski definition) is 5. The highest BCUT2D eigenvalue weighted by Gasteiger charge is 2.25. The molecule has 1 aliphatic rings. The van der Waals surface area contributed by atoms with Crippen LogP contribution in [0.3, 0.4) is 0 Å². The third-order valence-electron chi connectivity index (χ3n) is 5.82. The van der Waals surface area contributed by atoms with Crippen LogP contribution in [0.15, 0.2) is 34.6 Å². The number of carboxylic acids is 1. The first-order valence-electron chi connectivity index (χ1n) is 10.5. The number of rotatable bonds is 5. The van der Waals surface area contributed by atoms with E-state index in [0.29, 0.717) is 32.5 Å². The topological polar surface area (TPSA) is 73.1 Å². The Morgan fingerprint density at radius 1 is 1.23 bits per heavy atom. The number of carbonyl (C=O) groups is 1. The predicted molar refractivity (Wildman–Crippen MR) is 132 cm³/mol. The van der Waals surface area contributed by atoms with Crippen molar-refractivity contribution in [3.05, 3.63) is 40.8 Å². The van der Waals surface area contributed by atoms with Crippen molar-refractivity contribution in [1.82, 2.24) is 4.90 Å². The van der Waals surface area contributed by atoms with E-state index in [-0.39, 0.29) is 17.1 Å². The monoisotopic (exact) mass is 458 g/mol. The molecular weight excluding hydrogens is 428 g/mol. The van der Waals surface area contributed by atoms with Crippen molar-refractivity contribution < 1.29 is 15.0 Å². The standard InChI is InChI=1S/C24H30N2O3S2/c1-15(25-13-20(30)26-11-9-17(10-12-26)23(28)29)19-14-31-22(21(19)27)16-5-7-18(8-6-16)24(2,3)4/h5-8,14,17,27H,9-13H2,1-4H3,(H,28,29). The van der Waals surface area contributed by atoms with Gasteiger partial charge in [-0.1, -0.05) is 57.3 Å². The summed E-state index contributed by atoms with van der Waals surface area (Å²) in [5.74, 6) is -0.748. The third kappa shape index (κ3) is 5.52. The van der Waals surface area contributed by atoms with Gasteiger partial charge in [0.05, 0.1) is 22.3 Å². The summed E-state index contributed by atoms with van der Waals surface area (Å²) in [7, 11) is 0. The Balaban J connectivity index is 1.67. The van der Waals surface area contributed by atoms with Crippen LogP contribution in [0.1, 0.15) is 51.7 Å². The Labute approximate surface area is 193 Å². The molecule has 0 saturated carbocycles. The number of aliphatic imine (C=N–C) groups is 1. The zero-order valence-corrected chi connectivity index (χ0v) is 20.1. The van der Waals surface area contributed by atoms with Crippen molar-refractivity contribution >= 4 is 40.2 Å². The number of nitrogens with zero attached hydrogens (tertiary/aromatic N) is 2. The van der Waals surface area contributed by atoms with Crippen LogP contribution >= 0.6 is 23.6 Å². The Morgan fingerprint density at radius 3 is 2.39 bits per heavy atom. The predicted octanol–water partition coefficient (Wildman–Crippen LogP) is 5.35. The molecular formula is C24H30N2O3S2. The molecule has 1 aromatic heterocycles. The first-order chi connectivity index (χ1) is 14.6. The fourth-order valence-electron chi connectivity index (χ4n) is 3.68. The molecule has 5 nitrogen and oxygen atoms in total. The van der Waals surface area contributed by atoms with Gasteiger partial charge >= 0.3 is 5.97 Å². The third-order valence-corrected chi connectivity index (χ3v) is 7.22. The average Bonchev–Trinajstić information content (AvgIpc) is 3.12. The van der Waals surface area contributed by atoms with Gasteiger partial charge in [-0.25, -0.2) is 0 Å². The Hall–Kier alpha value is -2.25. The highest BCUT2D eigenvalue weighted by Crippen LogP contribution is 2.39. The van der Waals surface area contributed by atoms with Gasteiger partial charge in [-0.2, -0.15) is 0 Å². The summed E-state index contributed by atoms with van der Waals surface area (Å²) in [4.78, 5) is 19.3. The van der Waals surface area contributed by atoms with E-state index in [9.17, 15) is 9.90 Å². The van der Waals surface area contributed by atoms with Gasteiger partial charge < -0.3 is 15.1 Å². The van der Waals surface area contributed by atoms with E-state index in [4.69, 9.17) is 17.3 Å². The molecule has 2 N–H and O–H groups in total. The van der Waals surface area contributed by atoms with Gasteiger partial charge in [0.2, 0.25) is 0 Å². The van der Waals surface area contributed by atoms with Crippen LogP contribution < -0.4 is 0 Å². The molecule has 7 heteroatoms. The van der Waals surface area contributed by atoms with Crippen LogP contribution in [0.2, 0.25) is 0 Å². The summed E-state index contributed by atoms with van der Waals surface area (Å²) >= 11 is 7.02. The maximum atomic E-state index is 11.1. The van der Waals surface area contributed by atoms with Crippen LogP contribution in [0.25, 0.3) is 10.4 Å². The minimum atomic E-state index is -0.726. The molecule has 31 heavy (non-hydrogen) atoms. The molecule has 0 radical (unpaired) electrons. The van der Waals surface area contributed by atoms with Gasteiger partial charge in [0, 0.05) is 29.7 Å². The number of thiocarbonyl (C=S) groups is 1. The Morgan fingerprint density at radius 2 is 1.84 bits per heavy atom. The smallest absolute Gasteiger partial charge is 0.306 e. The molecule has 1 aromatic carbocycles. The number of hydrogen-bond donors (Lipinski definition) is 2. The number of likely N-dealkylation sites (tertiary alicyclic amines) is 1. The molecule has 0 unspecified atom stereocenters. The average molecular weight is 459 g/mol. The summed E-state index contributed by atoms with van der Waals surface area (Å²) in [5, 5.41) is 21.9. The molecule has 3 rings (SSSR count). The minimum Gasteiger partial charge on any atom is -0.506 e. The van der Waals surface area contributed by atoms with Crippen LogP contribution in [0, 0.1) is 5.92 Å². The second-order valence-electron chi connectivity index (χ2n) is 9.05. The van der Waals surface area contributed by atoms with Gasteiger partial charge in [-0.05, 0) is 36.3 Å². The number of carboxylic acid groups (broad SMARTS) is 1. The van der Waals surface area contributed by atoms with Crippen molar-refractivity contribution in [1.29, 1.82) is 0 Å². The van der Waals surface area contributed by atoms with Crippen molar-refractivity contribution in [2.24, 2.45) is 10.9 Å². The van der Waals surface area contributed by atoms with E-state index >= 15 is 0 Å². The maximum Gasteiger partial charge on any atom is 0.306 e. The van der Waals surface area contributed by atoms with Crippen LogP contribution in [0.4, 0.5) is 0 Å². The zero-order chi connectivity index (χ0) is 22.8. The van der Waals surface area contributed by atoms with Crippen molar-refractivity contribution in [3.63, 3.8) is 0 Å². The molecule has 0 spiro atoms. The lowest BCUT2D eigenvalue weighted by atomic mass is 9.86. The lowest BCUT2D eigenvalue weighted by molar-refractivity contribution is -0.143. The largest absolute Gasteiger partial charge is 0.506 e. The maximum absolute atomic E-state index is 11.1. The normalized spacial score (nSPS) is 15.9. The summed E-state index contributed by atoms with van der Waals surface area (Å²) in [6.45, 7) is 10.1. The number of piperidine rings is 1. The van der Waals surface area contributed by atoms with Gasteiger partial charge in [-0.15, -0.1) is 11.3 Å². The summed E-state index contributed by atoms with van der Waals surface area (Å²) in [5.41, 5.74) is 3.81. The van der Waals surface area contributed by atoms with E-state index in [1.54, 1.807) is 0 Å². The first-order valence-corrected chi connectivity index (χ1v) is 11.8. The number of aromatic hydroxyl groups is 1. The molecule has 0 aliphatic carbocycles. The van der Waals surface area contributed by atoms with Gasteiger partial charge in [-0.3, -0.25) is 9.79 Å². The molecule has 166 valence electrons. The quantitative estimate of drug-likeness (QED) is 0.467. The Kier molecular flexibility index (Phi) is 7.17. The summed E-state index contributed by atoms with van der Waals surface area (Å²) in [6.07, 6.45) is 1.22. The number of thiophene rings is 1. The van der Waals surface area contributed by atoms with E-state index in [1.807, 2.05) is 17.2 Å². The van der Waals surface area contributed by atoms with E-state index < -0.39 is 5.97 Å². The lowest BCUT2D eigenvalue weighted by Gasteiger charge is -2.31. The van der Waals surface area contributed by atoms with Crippen LogP contribution in [-0.2, 0) is 10.2 Å². The van der Waals surface area contributed by atoms with Crippen molar-refractivity contribution in [3.8, 4) is 16.2 Å². The van der Waals surface area contributed by atoms with E-state index in [1.165, 1.54) is 16.9 Å². The van der Waals surface area contributed by atoms with Crippen molar-refractivity contribution in [2.75, 3.05) is 19.6 Å². The van der Waals surface area contributed by atoms with E-state index in [0.717, 1.165) is 26.7 Å². The fourth-order valence-corrected chi connectivity index (χ4v) is 4.94. The number of benzene rings is 1. The molecule has 0 atom stereocenters. The Bertz CT molecular complexity index is 979. The fraction of sp³-hybridized carbons (Fsp3) is 0.458. The molecule has 2 aromatic rings. The molecule has 0 bridgehead atoms. The highest BCUT2D eigenvalue weighted by molar-refractivity contribution is 7.80. The minimum absolute atomic E-state index is 0.0890. The van der Waals surface area contributed by atoms with Crippen molar-refractivity contribution in [2.45, 2.75) is 46.0 Å². The zero-order valence-electron chi connectivity index (χ0n) is 18.5. The van der Waals surface area contributed by atoms with Gasteiger partial charge in [0.25, 0.3) is 0 Å². The second-order valence-corrected chi connectivity index (χ2v) is 10.4. The molecule has 1 saturated heterocycles. The second kappa shape index (κ2) is 9.49. The summed E-state index contributed by atoms with van der Waals surface area (Å²) < 4.78 is 0. The van der Waals surface area contributed by atoms with Crippen LogP contribution in [0.5, 0.6) is 5.75 Å². The molecule has 1 fully saturated rings. The van der Waals surface area contributed by atoms with Gasteiger partial charge in [0.15, 0.2) is 0 Å².